The van der Waals surface area contributed by atoms with Crippen molar-refractivity contribution >= 4 is 23.5 Å². The summed E-state index contributed by atoms with van der Waals surface area (Å²) in [6.07, 6.45) is 2.94. The van der Waals surface area contributed by atoms with E-state index in [1.54, 1.807) is 0 Å². The number of thioether (sulfide) groups is 2. The molecule has 0 spiro atoms. The van der Waals surface area contributed by atoms with E-state index in [2.05, 4.69) is 44.2 Å². The van der Waals surface area contributed by atoms with E-state index in [4.69, 9.17) is 0 Å². The molecule has 106 valence electrons. The predicted molar refractivity (Wildman–Crippen MR) is 88.1 cm³/mol. The lowest BCUT2D eigenvalue weighted by molar-refractivity contribution is 0.164. The topological polar surface area (TPSA) is 20.2 Å². The first-order valence-electron chi connectivity index (χ1n) is 7.16. The quantitative estimate of drug-likeness (QED) is 0.887. The molecule has 0 amide bonds. The average molecular weight is 297 g/mol. The third-order valence-electron chi connectivity index (χ3n) is 3.81. The number of hydrogen-bond donors (Lipinski definition) is 1. The third-order valence-corrected chi connectivity index (χ3v) is 7.35. The first kappa shape index (κ1) is 15.3. The molecule has 0 aromatic heterocycles. The van der Waals surface area contributed by atoms with E-state index in [0.717, 1.165) is 30.3 Å². The Bertz CT molecular complexity index is 368. The highest BCUT2D eigenvalue weighted by atomic mass is 32.2. The number of benzene rings is 1. The van der Waals surface area contributed by atoms with Gasteiger partial charge in [-0.2, -0.15) is 23.5 Å². The van der Waals surface area contributed by atoms with Crippen LogP contribution >= 0.6 is 23.5 Å². The van der Waals surface area contributed by atoms with Crippen LogP contribution in [0.3, 0.4) is 0 Å². The van der Waals surface area contributed by atoms with Gasteiger partial charge in [-0.15, -0.1) is 0 Å². The van der Waals surface area contributed by atoms with Crippen molar-refractivity contribution in [3.8, 4) is 0 Å². The number of aliphatic hydroxyl groups is 1. The van der Waals surface area contributed by atoms with Crippen molar-refractivity contribution in [1.29, 1.82) is 0 Å². The molecule has 0 aliphatic carbocycles. The van der Waals surface area contributed by atoms with Crippen LogP contribution in [0, 0.1) is 0 Å². The number of rotatable bonds is 5. The number of aryl methyl sites for hydroxylation is 1. The fourth-order valence-electron chi connectivity index (χ4n) is 2.36. The Balaban J connectivity index is 1.71. The highest BCUT2D eigenvalue weighted by Gasteiger charge is 2.29. The lowest BCUT2D eigenvalue weighted by atomic mass is 10.0. The maximum Gasteiger partial charge on any atom is 0.0667 e. The zero-order valence-electron chi connectivity index (χ0n) is 11.8. The standard InChI is InChI=1S/C16H24OS2/c1-12-13(2)19-16(11-18-12)15(17)10-6-9-14-7-4-3-5-8-14/h3-5,7-8,12-13,15-17H,6,9-11H2,1-2H3. The van der Waals surface area contributed by atoms with E-state index in [1.807, 2.05) is 23.5 Å². The third kappa shape index (κ3) is 4.73. The Morgan fingerprint density at radius 3 is 2.63 bits per heavy atom. The molecule has 0 radical (unpaired) electrons. The first-order valence-corrected chi connectivity index (χ1v) is 9.15. The van der Waals surface area contributed by atoms with Crippen LogP contribution in [0.2, 0.25) is 0 Å². The van der Waals surface area contributed by atoms with Crippen molar-refractivity contribution in [2.45, 2.75) is 55.0 Å². The predicted octanol–water partition coefficient (Wildman–Crippen LogP) is 4.00. The fourth-order valence-corrected chi connectivity index (χ4v) is 5.41. The van der Waals surface area contributed by atoms with Gasteiger partial charge in [-0.05, 0) is 24.8 Å². The molecule has 1 aromatic rings. The maximum absolute atomic E-state index is 10.3. The van der Waals surface area contributed by atoms with E-state index in [1.165, 1.54) is 5.56 Å². The molecule has 1 heterocycles. The highest BCUT2D eigenvalue weighted by molar-refractivity contribution is 8.07. The SMILES string of the molecule is CC1SCC(C(O)CCCc2ccccc2)SC1C. The second kappa shape index (κ2) is 7.61. The van der Waals surface area contributed by atoms with Crippen molar-refractivity contribution < 1.29 is 5.11 Å². The largest absolute Gasteiger partial charge is 0.392 e. The zero-order valence-corrected chi connectivity index (χ0v) is 13.4. The Morgan fingerprint density at radius 1 is 1.21 bits per heavy atom. The van der Waals surface area contributed by atoms with Crippen molar-refractivity contribution in [3.63, 3.8) is 0 Å². The summed E-state index contributed by atoms with van der Waals surface area (Å²) < 4.78 is 0. The average Bonchev–Trinajstić information content (AvgIpc) is 2.43. The summed E-state index contributed by atoms with van der Waals surface area (Å²) >= 11 is 3.99. The summed E-state index contributed by atoms with van der Waals surface area (Å²) in [7, 11) is 0. The molecule has 4 atom stereocenters. The van der Waals surface area contributed by atoms with Crippen LogP contribution in [-0.2, 0) is 6.42 Å². The van der Waals surface area contributed by atoms with Gasteiger partial charge >= 0.3 is 0 Å². The molecule has 19 heavy (non-hydrogen) atoms. The number of hydrogen-bond acceptors (Lipinski definition) is 3. The molecule has 3 heteroatoms. The smallest absolute Gasteiger partial charge is 0.0667 e. The minimum Gasteiger partial charge on any atom is -0.392 e. The van der Waals surface area contributed by atoms with Crippen LogP contribution in [0.15, 0.2) is 30.3 Å². The van der Waals surface area contributed by atoms with Gasteiger partial charge in [0.1, 0.15) is 0 Å². The fraction of sp³-hybridized carbons (Fsp3) is 0.625. The molecule has 0 saturated carbocycles. The van der Waals surface area contributed by atoms with Crippen LogP contribution < -0.4 is 0 Å². The molecule has 1 saturated heterocycles. The normalized spacial score (nSPS) is 29.1. The Hall–Kier alpha value is -0.120. The van der Waals surface area contributed by atoms with Gasteiger partial charge in [0, 0.05) is 21.5 Å². The van der Waals surface area contributed by atoms with Crippen molar-refractivity contribution in [3.05, 3.63) is 35.9 Å². The summed E-state index contributed by atoms with van der Waals surface area (Å²) in [6.45, 7) is 4.57. The maximum atomic E-state index is 10.3. The molecule has 2 rings (SSSR count). The van der Waals surface area contributed by atoms with E-state index in [0.29, 0.717) is 10.5 Å². The van der Waals surface area contributed by atoms with E-state index in [9.17, 15) is 5.11 Å². The molecular formula is C16H24OS2. The Morgan fingerprint density at radius 2 is 1.95 bits per heavy atom. The van der Waals surface area contributed by atoms with Gasteiger partial charge in [0.2, 0.25) is 0 Å². The summed E-state index contributed by atoms with van der Waals surface area (Å²) in [4.78, 5) is 0. The van der Waals surface area contributed by atoms with Gasteiger partial charge in [0.05, 0.1) is 6.10 Å². The number of aliphatic hydroxyl groups excluding tert-OH is 1. The van der Waals surface area contributed by atoms with Crippen molar-refractivity contribution in [2.75, 3.05) is 5.75 Å². The minimum absolute atomic E-state index is 0.142. The molecule has 1 nitrogen and oxygen atoms in total. The molecule has 1 aliphatic heterocycles. The van der Waals surface area contributed by atoms with E-state index >= 15 is 0 Å². The van der Waals surface area contributed by atoms with Gasteiger partial charge in [0.15, 0.2) is 0 Å². The monoisotopic (exact) mass is 296 g/mol. The Kier molecular flexibility index (Phi) is 6.11. The van der Waals surface area contributed by atoms with Crippen LogP contribution in [0.1, 0.15) is 32.3 Å². The van der Waals surface area contributed by atoms with Gasteiger partial charge in [0.25, 0.3) is 0 Å². The van der Waals surface area contributed by atoms with Crippen molar-refractivity contribution in [2.24, 2.45) is 0 Å². The molecule has 1 aromatic carbocycles. The Labute approximate surface area is 125 Å². The van der Waals surface area contributed by atoms with Crippen LogP contribution in [0.5, 0.6) is 0 Å². The van der Waals surface area contributed by atoms with Crippen LogP contribution in [0.25, 0.3) is 0 Å². The van der Waals surface area contributed by atoms with Gasteiger partial charge in [-0.25, -0.2) is 0 Å². The summed E-state index contributed by atoms with van der Waals surface area (Å²) in [6, 6.07) is 10.6. The second-order valence-electron chi connectivity index (χ2n) is 5.36. The van der Waals surface area contributed by atoms with E-state index in [-0.39, 0.29) is 6.10 Å². The van der Waals surface area contributed by atoms with Gasteiger partial charge < -0.3 is 5.11 Å². The van der Waals surface area contributed by atoms with Gasteiger partial charge in [-0.3, -0.25) is 0 Å². The summed E-state index contributed by atoms with van der Waals surface area (Å²) in [5.41, 5.74) is 1.38. The first-order chi connectivity index (χ1) is 9.16. The molecule has 1 fully saturated rings. The molecule has 1 N–H and O–H groups in total. The van der Waals surface area contributed by atoms with E-state index < -0.39 is 0 Å². The van der Waals surface area contributed by atoms with Crippen LogP contribution in [-0.4, -0.2) is 32.7 Å². The minimum atomic E-state index is -0.142. The molecule has 4 unspecified atom stereocenters. The highest BCUT2D eigenvalue weighted by Crippen LogP contribution is 2.37. The molecular weight excluding hydrogens is 272 g/mol. The summed E-state index contributed by atoms with van der Waals surface area (Å²) in [5, 5.41) is 12.1. The molecule has 0 bridgehead atoms. The zero-order chi connectivity index (χ0) is 13.7. The van der Waals surface area contributed by atoms with Crippen molar-refractivity contribution in [1.82, 2.24) is 0 Å². The lowest BCUT2D eigenvalue weighted by Crippen LogP contribution is -2.34. The van der Waals surface area contributed by atoms with Crippen LogP contribution in [0.4, 0.5) is 0 Å². The molecule has 1 aliphatic rings. The lowest BCUT2D eigenvalue weighted by Gasteiger charge is -2.33. The second-order valence-corrected chi connectivity index (χ2v) is 8.39. The summed E-state index contributed by atoms with van der Waals surface area (Å²) in [5.74, 6) is 1.10. The van der Waals surface area contributed by atoms with Gasteiger partial charge in [-0.1, -0.05) is 44.2 Å².